The molecule has 0 bridgehead atoms. The van der Waals surface area contributed by atoms with Crippen molar-refractivity contribution in [2.45, 2.75) is 95.4 Å². The van der Waals surface area contributed by atoms with E-state index in [1.807, 2.05) is 50.2 Å². The Morgan fingerprint density at radius 1 is 0.846 bits per heavy atom. The van der Waals surface area contributed by atoms with E-state index in [-0.39, 0.29) is 11.9 Å². The molecule has 52 heavy (non-hydrogen) atoms. The van der Waals surface area contributed by atoms with Crippen molar-refractivity contribution >= 4 is 55.8 Å². The van der Waals surface area contributed by atoms with Gasteiger partial charge in [0.1, 0.15) is 5.75 Å². The number of aryl methyl sites for hydroxylation is 1. The zero-order valence-corrected chi connectivity index (χ0v) is 33.7. The van der Waals surface area contributed by atoms with E-state index in [0.717, 1.165) is 47.8 Å². The molecule has 6 rings (SSSR count). The molecule has 4 aromatic carbocycles. The molecule has 2 aliphatic carbocycles. The second-order valence-corrected chi connectivity index (χ2v) is 14.7. The van der Waals surface area contributed by atoms with Crippen LogP contribution >= 0.6 is 23.6 Å². The fraction of sp³-hybridized carbons (Fsp3) is 0.415. The molecule has 4 aromatic rings. The van der Waals surface area contributed by atoms with Crippen LogP contribution in [0.4, 0.5) is 4.79 Å². The van der Waals surface area contributed by atoms with Crippen LogP contribution in [0.3, 0.4) is 0 Å². The maximum absolute atomic E-state index is 11.6. The fourth-order valence-electron chi connectivity index (χ4n) is 6.15. The third-order valence-electron chi connectivity index (χ3n) is 8.60. The van der Waals surface area contributed by atoms with Crippen molar-refractivity contribution in [1.82, 2.24) is 10.0 Å². The first-order valence-corrected chi connectivity index (χ1v) is 20.9. The van der Waals surface area contributed by atoms with Crippen molar-refractivity contribution in [2.24, 2.45) is 0 Å². The first-order valence-electron chi connectivity index (χ1n) is 17.9. The van der Waals surface area contributed by atoms with E-state index in [4.69, 9.17) is 16.3 Å². The third kappa shape index (κ3) is 15.6. The number of hydrogen-bond acceptors (Lipinski definition) is 7. The molecular formula is C41H55ClN2O6S2. The fourth-order valence-corrected chi connectivity index (χ4v) is 7.23. The topological polar surface area (TPSA) is 111 Å². The quantitative estimate of drug-likeness (QED) is 0.142. The predicted molar refractivity (Wildman–Crippen MR) is 217 cm³/mol. The van der Waals surface area contributed by atoms with E-state index < -0.39 is 15.5 Å². The number of rotatable bonds is 7. The number of hydrogen-bond donors (Lipinski definition) is 2. The number of methoxy groups -OCH3 is 1. The van der Waals surface area contributed by atoms with Gasteiger partial charge in [-0.05, 0) is 78.0 Å². The lowest BCUT2D eigenvalue weighted by atomic mass is 9.76. The summed E-state index contributed by atoms with van der Waals surface area (Å²) in [6.07, 6.45) is 13.5. The number of nitrogens with one attached hydrogen (secondary N) is 2. The van der Waals surface area contributed by atoms with Gasteiger partial charge in [0, 0.05) is 36.7 Å². The van der Waals surface area contributed by atoms with Crippen molar-refractivity contribution in [3.8, 4) is 5.75 Å². The molecule has 0 heterocycles. The van der Waals surface area contributed by atoms with Crippen LogP contribution in [0.15, 0.2) is 95.9 Å². The van der Waals surface area contributed by atoms with Gasteiger partial charge in [0.15, 0.2) is 0 Å². The average Bonchev–Trinajstić information content (AvgIpc) is 3.17. The first kappa shape index (κ1) is 44.6. The maximum Gasteiger partial charge on any atom is 0.415 e. The van der Waals surface area contributed by atoms with Crippen molar-refractivity contribution in [3.05, 3.63) is 108 Å². The number of ether oxygens (including phenoxy) is 1. The summed E-state index contributed by atoms with van der Waals surface area (Å²) < 4.78 is 34.8. The van der Waals surface area contributed by atoms with Crippen LogP contribution in [0.2, 0.25) is 0 Å². The van der Waals surface area contributed by atoms with Gasteiger partial charge in [-0.3, -0.25) is 4.79 Å². The summed E-state index contributed by atoms with van der Waals surface area (Å²) in [4.78, 5) is 21.5. The number of carbonyl (C=O) groups is 2. The summed E-state index contributed by atoms with van der Waals surface area (Å²) >= 11 is 5.62. The Hall–Kier alpha value is -3.57. The lowest BCUT2D eigenvalue weighted by Gasteiger charge is -2.34. The predicted octanol–water partition coefficient (Wildman–Crippen LogP) is 10.2. The second kappa shape index (κ2) is 24.6. The highest BCUT2D eigenvalue weighted by Crippen LogP contribution is 2.36. The first-order chi connectivity index (χ1) is 25.1. The molecule has 2 aliphatic rings. The molecule has 2 N–H and O–H groups in total. The molecular weight excluding hydrogens is 716 g/mol. The van der Waals surface area contributed by atoms with Gasteiger partial charge in [-0.15, -0.1) is 0 Å². The molecule has 0 radical (unpaired) electrons. The monoisotopic (exact) mass is 770 g/mol. The molecule has 284 valence electrons. The Balaban J connectivity index is 0.000000274. The number of amides is 1. The largest absolute Gasteiger partial charge is 0.497 e. The Labute approximate surface area is 320 Å². The zero-order valence-electron chi connectivity index (χ0n) is 31.3. The van der Waals surface area contributed by atoms with Crippen molar-refractivity contribution in [1.29, 1.82) is 0 Å². The van der Waals surface area contributed by atoms with Crippen molar-refractivity contribution in [3.63, 3.8) is 0 Å². The molecule has 0 aromatic heterocycles. The van der Waals surface area contributed by atoms with Gasteiger partial charge in [-0.1, -0.05) is 119 Å². The van der Waals surface area contributed by atoms with Crippen LogP contribution < -0.4 is 14.8 Å². The summed E-state index contributed by atoms with van der Waals surface area (Å²) in [5, 5.41) is 5.11. The molecule has 0 saturated heterocycles. The number of fused-ring (bicyclic) bond motifs is 2. The van der Waals surface area contributed by atoms with Gasteiger partial charge >= 0.3 is 5.43 Å². The molecule has 1 saturated carbocycles. The summed E-state index contributed by atoms with van der Waals surface area (Å²) in [6, 6.07) is 29.7. The lowest BCUT2D eigenvalue weighted by Crippen LogP contribution is -2.41. The van der Waals surface area contributed by atoms with Gasteiger partial charge in [-0.25, -0.2) is 17.9 Å². The maximum atomic E-state index is 11.6. The van der Waals surface area contributed by atoms with E-state index in [1.54, 1.807) is 38.5 Å². The van der Waals surface area contributed by atoms with E-state index in [0.29, 0.717) is 10.8 Å². The van der Waals surface area contributed by atoms with E-state index in [9.17, 15) is 18.0 Å². The molecule has 1 fully saturated rings. The van der Waals surface area contributed by atoms with Gasteiger partial charge in [0.05, 0.1) is 24.0 Å². The minimum Gasteiger partial charge on any atom is -0.497 e. The molecule has 0 spiro atoms. The molecule has 11 heteroatoms. The molecule has 8 nitrogen and oxygen atoms in total. The second-order valence-electron chi connectivity index (χ2n) is 12.0. The number of sulfonamides is 1. The van der Waals surface area contributed by atoms with Crippen molar-refractivity contribution < 1.29 is 26.9 Å². The number of halogens is 1. The zero-order chi connectivity index (χ0) is 38.4. The van der Waals surface area contributed by atoms with Gasteiger partial charge in [-0.2, -0.15) is 0 Å². The number of benzene rings is 4. The van der Waals surface area contributed by atoms with E-state index in [1.165, 1.54) is 62.3 Å². The molecule has 2 unspecified atom stereocenters. The minimum absolute atomic E-state index is 0.0463. The standard InChI is InChI=1S/C20H23NO2.C11H11NO2S.C6H12.C2H3ClO2S.C2H6/c1-14(22)21-20-11-8-16-13-17(23-2)9-10-18(16)19(20)12-15-6-4-3-5-7-15;1-12-15(13,14)11-7-6-9-4-2-3-5-10(9)8-11;1-2-4-6-5-3-1;1-6-5-2(3)4;1-2/h3-7,9-10,13,19-20H,8,11-12H2,1-2H3,(H,21,22);2-8,12H,1H3;1-6H2;1H3;1-2H3. The highest BCUT2D eigenvalue weighted by Gasteiger charge is 2.30. The van der Waals surface area contributed by atoms with E-state index in [2.05, 4.69) is 50.6 Å². The Morgan fingerprint density at radius 2 is 1.44 bits per heavy atom. The SMILES string of the molecule is C1CCCCC1.CC.CNS(=O)(=O)c1ccc2ccccc2c1.COc1ccc2c(c1)CCC(NC(C)=O)C2Cc1ccccc1.CSOC(=O)Cl. The van der Waals surface area contributed by atoms with Crippen LogP contribution in [-0.2, 0) is 31.8 Å². The highest BCUT2D eigenvalue weighted by molar-refractivity contribution is 7.94. The van der Waals surface area contributed by atoms with Crippen molar-refractivity contribution in [2.75, 3.05) is 20.4 Å². The van der Waals surface area contributed by atoms with Gasteiger partial charge in [0.2, 0.25) is 15.9 Å². The molecule has 2 atom stereocenters. The minimum atomic E-state index is -3.34. The Bertz CT molecular complexity index is 1740. The summed E-state index contributed by atoms with van der Waals surface area (Å²) in [7, 11) is -0.232. The molecule has 0 aliphatic heterocycles. The highest BCUT2D eigenvalue weighted by atomic mass is 35.5. The number of carbonyl (C=O) groups excluding carboxylic acids is 2. The van der Waals surface area contributed by atoms with Crippen LogP contribution in [0, 0.1) is 0 Å². The summed E-state index contributed by atoms with van der Waals surface area (Å²) in [5.74, 6) is 1.25. The van der Waals surface area contributed by atoms with Crippen LogP contribution in [0.5, 0.6) is 5.75 Å². The van der Waals surface area contributed by atoms with Gasteiger partial charge < -0.3 is 14.2 Å². The lowest BCUT2D eigenvalue weighted by molar-refractivity contribution is -0.119. The summed E-state index contributed by atoms with van der Waals surface area (Å²) in [6.45, 7) is 5.60. The van der Waals surface area contributed by atoms with Crippen LogP contribution in [0.1, 0.15) is 88.3 Å². The third-order valence-corrected chi connectivity index (χ3v) is 10.5. The normalized spacial score (nSPS) is 15.9. The Morgan fingerprint density at radius 3 is 1.96 bits per heavy atom. The smallest absolute Gasteiger partial charge is 0.415 e. The van der Waals surface area contributed by atoms with E-state index >= 15 is 0 Å². The van der Waals surface area contributed by atoms with Crippen LogP contribution in [-0.4, -0.2) is 46.2 Å². The Kier molecular flexibility index (Phi) is 21.1. The summed E-state index contributed by atoms with van der Waals surface area (Å²) in [5.41, 5.74) is 3.20. The van der Waals surface area contributed by atoms with Gasteiger partial charge in [0.25, 0.3) is 0 Å². The average molecular weight is 771 g/mol. The molecule has 1 amide bonds. The van der Waals surface area contributed by atoms with Crippen LogP contribution in [0.25, 0.3) is 10.8 Å².